The van der Waals surface area contributed by atoms with Gasteiger partial charge in [-0.25, -0.2) is 8.42 Å². The van der Waals surface area contributed by atoms with Crippen molar-refractivity contribution in [1.29, 1.82) is 0 Å². The van der Waals surface area contributed by atoms with Crippen LogP contribution in [0.4, 0.5) is 0 Å². The molecule has 7 heteroatoms. The highest BCUT2D eigenvalue weighted by Gasteiger charge is 2.29. The maximum Gasteiger partial charge on any atom is 0.191 e. The molecule has 0 saturated carbocycles. The van der Waals surface area contributed by atoms with Gasteiger partial charge in [0.05, 0.1) is 11.3 Å². The van der Waals surface area contributed by atoms with Gasteiger partial charge in [-0.3, -0.25) is 4.99 Å². The third-order valence-corrected chi connectivity index (χ3v) is 6.20. The van der Waals surface area contributed by atoms with E-state index in [0.717, 1.165) is 19.5 Å². The second-order valence-electron chi connectivity index (χ2n) is 6.52. The van der Waals surface area contributed by atoms with E-state index in [1.165, 1.54) is 25.5 Å². The molecule has 23 heavy (non-hydrogen) atoms. The Morgan fingerprint density at radius 2 is 1.78 bits per heavy atom. The van der Waals surface area contributed by atoms with Crippen LogP contribution in [0.2, 0.25) is 0 Å². The summed E-state index contributed by atoms with van der Waals surface area (Å²) < 4.78 is 22.6. The second kappa shape index (κ2) is 12.3. The zero-order chi connectivity index (χ0) is 17.2. The van der Waals surface area contributed by atoms with E-state index in [1.807, 2.05) is 6.92 Å². The Balaban J connectivity index is 0. The van der Waals surface area contributed by atoms with Gasteiger partial charge in [-0.05, 0) is 33.1 Å². The predicted octanol–water partition coefficient (Wildman–Crippen LogP) is 3.20. The van der Waals surface area contributed by atoms with Crippen molar-refractivity contribution in [2.45, 2.75) is 65.0 Å². The molecule has 0 aromatic carbocycles. The molecule has 1 unspecified atom stereocenters. The number of aliphatic imine (C=N–C) groups is 1. The minimum atomic E-state index is -3.12. The van der Waals surface area contributed by atoms with Crippen LogP contribution in [0, 0.1) is 5.92 Å². The summed E-state index contributed by atoms with van der Waals surface area (Å²) in [6, 6.07) is 0. The van der Waals surface area contributed by atoms with Crippen LogP contribution in [0.1, 0.15) is 60.3 Å². The van der Waals surface area contributed by atoms with Crippen LogP contribution >= 0.6 is 24.0 Å². The zero-order valence-electron chi connectivity index (χ0n) is 15.6. The second-order valence-corrected chi connectivity index (χ2v) is 9.17. The summed E-state index contributed by atoms with van der Waals surface area (Å²) in [6.45, 7) is 11.7. The van der Waals surface area contributed by atoms with Gasteiger partial charge in [-0.2, -0.15) is 0 Å². The van der Waals surface area contributed by atoms with Crippen molar-refractivity contribution in [2.75, 3.05) is 25.9 Å². The van der Waals surface area contributed by atoms with Gasteiger partial charge in [0.15, 0.2) is 15.8 Å². The molecule has 0 heterocycles. The van der Waals surface area contributed by atoms with Gasteiger partial charge in [0.25, 0.3) is 0 Å². The molecule has 0 radical (unpaired) electrons. The van der Waals surface area contributed by atoms with E-state index >= 15 is 0 Å². The van der Waals surface area contributed by atoms with Gasteiger partial charge in [0.1, 0.15) is 0 Å². The number of sulfone groups is 1. The number of halogens is 1. The van der Waals surface area contributed by atoms with Gasteiger partial charge in [0, 0.05) is 19.3 Å². The van der Waals surface area contributed by atoms with E-state index in [2.05, 4.69) is 29.5 Å². The number of hydrogen-bond donors (Lipinski definition) is 2. The Kier molecular flexibility index (Phi) is 13.5. The number of nitrogens with zero attached hydrogens (tertiary/aromatic N) is 1. The van der Waals surface area contributed by atoms with Crippen LogP contribution < -0.4 is 10.6 Å². The van der Waals surface area contributed by atoms with E-state index < -0.39 is 14.6 Å². The highest BCUT2D eigenvalue weighted by atomic mass is 127. The molecule has 0 aromatic rings. The van der Waals surface area contributed by atoms with Crippen molar-refractivity contribution >= 4 is 39.8 Å². The molecule has 0 aromatic heterocycles. The minimum absolute atomic E-state index is 0. The maximum atomic E-state index is 11.7. The Labute approximate surface area is 160 Å². The van der Waals surface area contributed by atoms with E-state index in [0.29, 0.717) is 11.9 Å². The quantitative estimate of drug-likeness (QED) is 0.298. The molecule has 1 atom stereocenters. The molecule has 0 rings (SSSR count). The molecule has 140 valence electrons. The lowest BCUT2D eigenvalue weighted by atomic mass is 9.99. The number of guanidine groups is 1. The summed E-state index contributed by atoms with van der Waals surface area (Å²) in [7, 11) is -3.12. The molecule has 0 spiro atoms. The summed E-state index contributed by atoms with van der Waals surface area (Å²) in [5.41, 5.74) is 0. The Hall–Kier alpha value is -0.0500. The molecular formula is C16H36IN3O2S. The van der Waals surface area contributed by atoms with Crippen LogP contribution in [0.5, 0.6) is 0 Å². The average Bonchev–Trinajstić information content (AvgIpc) is 2.43. The molecule has 0 aliphatic carbocycles. The lowest BCUT2D eigenvalue weighted by Crippen LogP contribution is -2.42. The fourth-order valence-corrected chi connectivity index (χ4v) is 2.21. The fourth-order valence-electron chi connectivity index (χ4n) is 1.91. The number of rotatable bonds is 10. The van der Waals surface area contributed by atoms with E-state index in [9.17, 15) is 8.42 Å². The lowest BCUT2D eigenvalue weighted by molar-refractivity contribution is 0.443. The number of unbranched alkanes of at least 4 members (excludes halogenated alkanes) is 1. The van der Waals surface area contributed by atoms with E-state index in [1.54, 1.807) is 13.8 Å². The van der Waals surface area contributed by atoms with E-state index in [4.69, 9.17) is 0 Å². The molecule has 5 nitrogen and oxygen atoms in total. The van der Waals surface area contributed by atoms with Gasteiger partial charge >= 0.3 is 0 Å². The molecule has 0 saturated heterocycles. The van der Waals surface area contributed by atoms with Crippen LogP contribution in [0.15, 0.2) is 4.99 Å². The van der Waals surface area contributed by atoms with Crippen molar-refractivity contribution in [3.63, 3.8) is 0 Å². The Morgan fingerprint density at radius 3 is 2.22 bits per heavy atom. The molecule has 2 N–H and O–H groups in total. The first-order valence-electron chi connectivity index (χ1n) is 8.39. The molecule has 0 amide bonds. The molecule has 0 aliphatic rings. The van der Waals surface area contributed by atoms with Crippen LogP contribution in [0.3, 0.4) is 0 Å². The summed E-state index contributed by atoms with van der Waals surface area (Å²) >= 11 is 0. The molecule has 0 bridgehead atoms. The number of hydrogen-bond acceptors (Lipinski definition) is 3. The molecule has 0 aliphatic heterocycles. The smallest absolute Gasteiger partial charge is 0.191 e. The van der Waals surface area contributed by atoms with Crippen LogP contribution in [-0.2, 0) is 9.84 Å². The predicted molar refractivity (Wildman–Crippen MR) is 112 cm³/mol. The number of nitrogens with one attached hydrogen (secondary N) is 2. The highest BCUT2D eigenvalue weighted by Crippen LogP contribution is 2.15. The van der Waals surface area contributed by atoms with Crippen molar-refractivity contribution in [3.8, 4) is 0 Å². The molecule has 0 fully saturated rings. The van der Waals surface area contributed by atoms with Crippen molar-refractivity contribution in [3.05, 3.63) is 0 Å². The van der Waals surface area contributed by atoms with Gasteiger partial charge < -0.3 is 10.6 Å². The van der Waals surface area contributed by atoms with Crippen LogP contribution in [-0.4, -0.2) is 45.0 Å². The van der Waals surface area contributed by atoms with Crippen molar-refractivity contribution < 1.29 is 8.42 Å². The molecular weight excluding hydrogens is 425 g/mol. The third kappa shape index (κ3) is 10.4. The first-order chi connectivity index (χ1) is 10.2. The highest BCUT2D eigenvalue weighted by molar-refractivity contribution is 14.0. The first kappa shape index (κ1) is 25.2. The van der Waals surface area contributed by atoms with E-state index in [-0.39, 0.29) is 30.5 Å². The third-order valence-electron chi connectivity index (χ3n) is 4.07. The average molecular weight is 461 g/mol. The Morgan fingerprint density at radius 1 is 1.17 bits per heavy atom. The normalized spacial score (nSPS) is 14.1. The summed E-state index contributed by atoms with van der Waals surface area (Å²) in [5.74, 6) is 1.33. The standard InChI is InChI=1S/C16H35N3O2S.HI/c1-7-10-11-14(8-2)12-18-15(17-9-3)19-13-16(4,5)22(6,20)21;/h14H,7-13H2,1-6H3,(H2,17,18,19);1H. The van der Waals surface area contributed by atoms with Gasteiger partial charge in [-0.15, -0.1) is 24.0 Å². The maximum absolute atomic E-state index is 11.7. The SMILES string of the molecule is CCCCC(CC)CNC(=NCC(C)(C)S(C)(=O)=O)NCC.I. The summed E-state index contributed by atoms with van der Waals surface area (Å²) in [6.07, 6.45) is 6.08. The Bertz CT molecular complexity index is 437. The van der Waals surface area contributed by atoms with Crippen molar-refractivity contribution in [1.82, 2.24) is 10.6 Å². The minimum Gasteiger partial charge on any atom is -0.357 e. The monoisotopic (exact) mass is 461 g/mol. The largest absolute Gasteiger partial charge is 0.357 e. The zero-order valence-corrected chi connectivity index (χ0v) is 18.8. The van der Waals surface area contributed by atoms with Gasteiger partial charge in [-0.1, -0.05) is 33.1 Å². The van der Waals surface area contributed by atoms with Gasteiger partial charge in [0.2, 0.25) is 0 Å². The lowest BCUT2D eigenvalue weighted by Gasteiger charge is -2.22. The topological polar surface area (TPSA) is 70.6 Å². The first-order valence-corrected chi connectivity index (χ1v) is 10.3. The van der Waals surface area contributed by atoms with Crippen LogP contribution in [0.25, 0.3) is 0 Å². The fraction of sp³-hybridized carbons (Fsp3) is 0.938. The summed E-state index contributed by atoms with van der Waals surface area (Å²) in [4.78, 5) is 4.45. The summed E-state index contributed by atoms with van der Waals surface area (Å²) in [5, 5.41) is 6.53. The van der Waals surface area contributed by atoms with Crippen molar-refractivity contribution in [2.24, 2.45) is 10.9 Å².